The number of halogens is 1. The van der Waals surface area contributed by atoms with Crippen molar-refractivity contribution in [3.05, 3.63) is 77.3 Å². The van der Waals surface area contributed by atoms with Crippen molar-refractivity contribution in [1.82, 2.24) is 4.90 Å². The first-order valence-electron chi connectivity index (χ1n) is 8.71. The lowest BCUT2D eigenvalue weighted by Crippen LogP contribution is -2.45. The van der Waals surface area contributed by atoms with E-state index in [0.717, 1.165) is 16.3 Å². The topological polar surface area (TPSA) is 69.6 Å². The number of carbonyl (C=O) groups is 2. The van der Waals surface area contributed by atoms with Crippen LogP contribution < -0.4 is 5.32 Å². The number of thioether (sulfide) groups is 1. The highest BCUT2D eigenvalue weighted by Gasteiger charge is 2.42. The summed E-state index contributed by atoms with van der Waals surface area (Å²) in [6, 6.07) is 19.2. The predicted molar refractivity (Wildman–Crippen MR) is 113 cm³/mol. The largest absolute Gasteiger partial charge is 0.480 e. The van der Waals surface area contributed by atoms with Gasteiger partial charge in [0, 0.05) is 16.2 Å². The molecule has 1 saturated heterocycles. The van der Waals surface area contributed by atoms with Gasteiger partial charge in [-0.2, -0.15) is 0 Å². The van der Waals surface area contributed by atoms with Crippen molar-refractivity contribution in [3.8, 4) is 0 Å². The van der Waals surface area contributed by atoms with Crippen LogP contribution in [0.25, 0.3) is 10.8 Å². The van der Waals surface area contributed by atoms with E-state index in [4.69, 9.17) is 11.6 Å². The molecule has 1 aliphatic heterocycles. The first-order valence-corrected chi connectivity index (χ1v) is 10.1. The number of rotatable bonds is 3. The van der Waals surface area contributed by atoms with Gasteiger partial charge in [0.15, 0.2) is 0 Å². The Morgan fingerprint density at radius 2 is 1.75 bits per heavy atom. The van der Waals surface area contributed by atoms with Crippen LogP contribution in [-0.2, 0) is 4.79 Å². The number of urea groups is 1. The van der Waals surface area contributed by atoms with Gasteiger partial charge in [-0.3, -0.25) is 4.90 Å². The fraction of sp³-hybridized carbons (Fsp3) is 0.143. The predicted octanol–water partition coefficient (Wildman–Crippen LogP) is 5.23. The van der Waals surface area contributed by atoms with Crippen LogP contribution in [0.5, 0.6) is 0 Å². The van der Waals surface area contributed by atoms with E-state index < -0.39 is 23.4 Å². The molecule has 0 saturated carbocycles. The highest BCUT2D eigenvalue weighted by Crippen LogP contribution is 2.42. The summed E-state index contributed by atoms with van der Waals surface area (Å²) >= 11 is 7.39. The molecule has 0 radical (unpaired) electrons. The number of carboxylic acid groups (broad SMARTS) is 1. The second-order valence-electron chi connectivity index (χ2n) is 6.46. The molecule has 142 valence electrons. The van der Waals surface area contributed by atoms with Crippen molar-refractivity contribution in [2.45, 2.75) is 11.4 Å². The summed E-state index contributed by atoms with van der Waals surface area (Å²) in [5.41, 5.74) is 1.49. The molecule has 0 bridgehead atoms. The van der Waals surface area contributed by atoms with Crippen molar-refractivity contribution in [3.63, 3.8) is 0 Å². The molecule has 28 heavy (non-hydrogen) atoms. The van der Waals surface area contributed by atoms with Crippen LogP contribution in [0.2, 0.25) is 5.02 Å². The normalized spacial score (nSPS) is 19.0. The minimum Gasteiger partial charge on any atom is -0.480 e. The number of anilines is 1. The Balaban J connectivity index is 1.67. The standard InChI is InChI=1S/C21H17ClN2O3S/c22-15-10-8-14(9-11-15)19-24(18(12-28-19)20(25)26)21(27)23-17-7-3-5-13-4-1-2-6-16(13)17/h1-11,18-19H,12H2,(H,23,27)(H,25,26)/t18-,19-/m1/s1. The van der Waals surface area contributed by atoms with E-state index in [-0.39, 0.29) is 0 Å². The molecular formula is C21H17ClN2O3S. The number of nitrogens with one attached hydrogen (secondary N) is 1. The van der Waals surface area contributed by atoms with Crippen LogP contribution in [0.4, 0.5) is 10.5 Å². The first-order chi connectivity index (χ1) is 13.5. The molecular weight excluding hydrogens is 396 g/mol. The maximum Gasteiger partial charge on any atom is 0.327 e. The van der Waals surface area contributed by atoms with Crippen LogP contribution in [0.3, 0.4) is 0 Å². The van der Waals surface area contributed by atoms with E-state index in [1.807, 2.05) is 54.6 Å². The number of carboxylic acids is 1. The van der Waals surface area contributed by atoms with Crippen molar-refractivity contribution < 1.29 is 14.7 Å². The number of benzene rings is 3. The second kappa shape index (κ2) is 7.73. The summed E-state index contributed by atoms with van der Waals surface area (Å²) in [4.78, 5) is 26.3. The number of hydrogen-bond donors (Lipinski definition) is 2. The molecule has 0 spiro atoms. The van der Waals surface area contributed by atoms with E-state index in [9.17, 15) is 14.7 Å². The van der Waals surface area contributed by atoms with Crippen molar-refractivity contribution in [2.75, 3.05) is 11.1 Å². The lowest BCUT2D eigenvalue weighted by molar-refractivity contribution is -0.141. The zero-order valence-electron chi connectivity index (χ0n) is 14.7. The third-order valence-corrected chi connectivity index (χ3v) is 6.28. The average Bonchev–Trinajstić information content (AvgIpc) is 3.14. The Morgan fingerprint density at radius 3 is 2.50 bits per heavy atom. The van der Waals surface area contributed by atoms with E-state index in [1.54, 1.807) is 12.1 Å². The summed E-state index contributed by atoms with van der Waals surface area (Å²) in [5.74, 6) is -0.692. The Labute approximate surface area is 171 Å². The summed E-state index contributed by atoms with van der Waals surface area (Å²) in [6.07, 6.45) is 0. The minimum absolute atomic E-state index is 0.325. The quantitative estimate of drug-likeness (QED) is 0.618. The van der Waals surface area contributed by atoms with Gasteiger partial charge in [0.1, 0.15) is 11.4 Å². The maximum absolute atomic E-state index is 13.1. The van der Waals surface area contributed by atoms with Gasteiger partial charge in [0.2, 0.25) is 0 Å². The highest BCUT2D eigenvalue weighted by atomic mass is 35.5. The molecule has 1 heterocycles. The Hall–Kier alpha value is -2.70. The molecule has 2 amide bonds. The summed E-state index contributed by atoms with van der Waals surface area (Å²) in [5, 5.41) is 14.6. The smallest absolute Gasteiger partial charge is 0.327 e. The Kier molecular flexibility index (Phi) is 5.15. The fourth-order valence-corrected chi connectivity index (χ4v) is 4.89. The summed E-state index contributed by atoms with van der Waals surface area (Å²) in [6.45, 7) is 0. The molecule has 1 fully saturated rings. The van der Waals surface area contributed by atoms with Gasteiger partial charge in [-0.25, -0.2) is 9.59 Å². The molecule has 0 unspecified atom stereocenters. The lowest BCUT2D eigenvalue weighted by atomic mass is 10.1. The number of aliphatic carboxylic acids is 1. The Morgan fingerprint density at radius 1 is 1.04 bits per heavy atom. The second-order valence-corrected chi connectivity index (χ2v) is 8.01. The van der Waals surface area contributed by atoms with Crippen LogP contribution in [0, 0.1) is 0 Å². The lowest BCUT2D eigenvalue weighted by Gasteiger charge is -2.28. The molecule has 1 aliphatic rings. The number of nitrogens with zero attached hydrogens (tertiary/aromatic N) is 1. The van der Waals surface area contributed by atoms with Gasteiger partial charge >= 0.3 is 12.0 Å². The third kappa shape index (κ3) is 3.53. The zero-order chi connectivity index (χ0) is 19.7. The van der Waals surface area contributed by atoms with Gasteiger partial charge in [-0.05, 0) is 29.1 Å². The van der Waals surface area contributed by atoms with E-state index in [0.29, 0.717) is 16.5 Å². The monoisotopic (exact) mass is 412 g/mol. The molecule has 3 aromatic carbocycles. The van der Waals surface area contributed by atoms with Crippen LogP contribution in [-0.4, -0.2) is 33.8 Å². The first kappa shape index (κ1) is 18.7. The third-order valence-electron chi connectivity index (χ3n) is 4.71. The van der Waals surface area contributed by atoms with Crippen LogP contribution in [0.1, 0.15) is 10.9 Å². The molecule has 0 aliphatic carbocycles. The van der Waals surface area contributed by atoms with E-state index in [2.05, 4.69) is 5.32 Å². The van der Waals surface area contributed by atoms with Crippen LogP contribution in [0.15, 0.2) is 66.7 Å². The molecule has 7 heteroatoms. The molecule has 3 aromatic rings. The Bertz CT molecular complexity index is 1040. The summed E-state index contributed by atoms with van der Waals surface area (Å²) in [7, 11) is 0. The molecule has 0 aromatic heterocycles. The van der Waals surface area contributed by atoms with Gasteiger partial charge < -0.3 is 10.4 Å². The fourth-order valence-electron chi connectivity index (χ4n) is 3.34. The molecule has 4 rings (SSSR count). The zero-order valence-corrected chi connectivity index (χ0v) is 16.3. The highest BCUT2D eigenvalue weighted by molar-refractivity contribution is 7.99. The van der Waals surface area contributed by atoms with Crippen molar-refractivity contribution in [2.24, 2.45) is 0 Å². The van der Waals surface area contributed by atoms with E-state index >= 15 is 0 Å². The van der Waals surface area contributed by atoms with Gasteiger partial charge in [-0.1, -0.05) is 60.1 Å². The molecule has 2 N–H and O–H groups in total. The van der Waals surface area contributed by atoms with Gasteiger partial charge in [0.05, 0.1) is 5.69 Å². The SMILES string of the molecule is O=C(O)[C@H]1CS[C@H](c2ccc(Cl)cc2)N1C(=O)Nc1cccc2ccccc12. The van der Waals surface area contributed by atoms with Crippen LogP contribution >= 0.6 is 23.4 Å². The molecule has 5 nitrogen and oxygen atoms in total. The number of fused-ring (bicyclic) bond motifs is 1. The van der Waals surface area contributed by atoms with Crippen molar-refractivity contribution in [1.29, 1.82) is 0 Å². The number of hydrogen-bond acceptors (Lipinski definition) is 3. The van der Waals surface area contributed by atoms with Gasteiger partial charge in [0.25, 0.3) is 0 Å². The number of carbonyl (C=O) groups excluding carboxylic acids is 1. The maximum atomic E-state index is 13.1. The van der Waals surface area contributed by atoms with E-state index in [1.165, 1.54) is 16.7 Å². The number of amides is 2. The average molecular weight is 413 g/mol. The van der Waals surface area contributed by atoms with Crippen molar-refractivity contribution >= 4 is 51.8 Å². The summed E-state index contributed by atoms with van der Waals surface area (Å²) < 4.78 is 0. The molecule has 2 atom stereocenters. The minimum atomic E-state index is -1.02. The van der Waals surface area contributed by atoms with Gasteiger partial charge in [-0.15, -0.1) is 11.8 Å².